The Kier molecular flexibility index (Phi) is 5.57. The molecule has 1 aliphatic rings. The monoisotopic (exact) mass is 391 g/mol. The summed E-state index contributed by atoms with van der Waals surface area (Å²) in [5, 5.41) is 12.4. The molecule has 0 spiro atoms. The highest BCUT2D eigenvalue weighted by atomic mass is 16.3. The number of carbonyl (C=O) groups is 2. The van der Waals surface area contributed by atoms with Crippen molar-refractivity contribution in [2.24, 2.45) is 5.73 Å². The SMILES string of the molecule is Cc1ccc(C2(N(C)C)C=CC=C(C(N)=O)C2)cc1NC(=O)c1ccc(O)cc1. The van der Waals surface area contributed by atoms with Crippen LogP contribution in [-0.4, -0.2) is 35.9 Å². The molecular formula is C23H25N3O3. The number of amides is 2. The molecule has 0 aliphatic heterocycles. The molecule has 0 fully saturated rings. The molecule has 0 radical (unpaired) electrons. The molecule has 3 rings (SSSR count). The highest BCUT2D eigenvalue weighted by molar-refractivity contribution is 6.04. The summed E-state index contributed by atoms with van der Waals surface area (Å²) in [4.78, 5) is 26.4. The molecule has 2 amide bonds. The molecule has 2 aromatic carbocycles. The van der Waals surface area contributed by atoms with Gasteiger partial charge in [0.1, 0.15) is 5.75 Å². The van der Waals surface area contributed by atoms with E-state index < -0.39 is 11.4 Å². The van der Waals surface area contributed by atoms with Crippen molar-refractivity contribution in [3.63, 3.8) is 0 Å². The minimum Gasteiger partial charge on any atom is -0.508 e. The smallest absolute Gasteiger partial charge is 0.255 e. The van der Waals surface area contributed by atoms with E-state index in [1.165, 1.54) is 12.1 Å². The summed E-state index contributed by atoms with van der Waals surface area (Å²) in [7, 11) is 3.89. The van der Waals surface area contributed by atoms with E-state index in [0.717, 1.165) is 11.1 Å². The molecule has 0 aromatic heterocycles. The first-order valence-corrected chi connectivity index (χ1v) is 9.30. The zero-order chi connectivity index (χ0) is 21.2. The van der Waals surface area contributed by atoms with E-state index in [-0.39, 0.29) is 11.7 Å². The molecule has 1 unspecified atom stereocenters. The molecule has 1 aliphatic carbocycles. The Labute approximate surface area is 170 Å². The quantitative estimate of drug-likeness (QED) is 0.730. The zero-order valence-electron chi connectivity index (χ0n) is 16.8. The lowest BCUT2D eigenvalue weighted by Crippen LogP contribution is -2.42. The van der Waals surface area contributed by atoms with Crippen LogP contribution in [0.5, 0.6) is 5.75 Å². The van der Waals surface area contributed by atoms with Crippen molar-refractivity contribution in [3.05, 3.63) is 83.0 Å². The molecule has 0 bridgehead atoms. The number of benzene rings is 2. The largest absolute Gasteiger partial charge is 0.508 e. The molecule has 2 aromatic rings. The first-order chi connectivity index (χ1) is 13.7. The maximum Gasteiger partial charge on any atom is 0.255 e. The molecule has 0 saturated heterocycles. The number of hydrogen-bond acceptors (Lipinski definition) is 4. The number of allylic oxidation sites excluding steroid dienone is 2. The minimum atomic E-state index is -0.551. The Hall–Kier alpha value is -3.38. The lowest BCUT2D eigenvalue weighted by atomic mass is 9.79. The molecule has 6 nitrogen and oxygen atoms in total. The summed E-state index contributed by atoms with van der Waals surface area (Å²) in [6.45, 7) is 1.92. The van der Waals surface area contributed by atoms with Crippen LogP contribution in [0.1, 0.15) is 27.9 Å². The van der Waals surface area contributed by atoms with E-state index in [1.54, 1.807) is 18.2 Å². The van der Waals surface area contributed by atoms with Crippen LogP contribution in [0.4, 0.5) is 5.69 Å². The first-order valence-electron chi connectivity index (χ1n) is 9.30. The van der Waals surface area contributed by atoms with Gasteiger partial charge < -0.3 is 16.2 Å². The number of primary amides is 1. The van der Waals surface area contributed by atoms with E-state index in [2.05, 4.69) is 5.32 Å². The third-order valence-electron chi connectivity index (χ3n) is 5.36. The standard InChI is InChI=1S/C23H25N3O3/c1-15-6-9-18(23(26(2)3)12-4-5-17(14-23)21(24)28)13-20(15)25-22(29)16-7-10-19(27)11-8-16/h4-13,27H,14H2,1-3H3,(H2,24,28)(H,25,29). The summed E-state index contributed by atoms with van der Waals surface area (Å²) < 4.78 is 0. The number of likely N-dealkylation sites (N-methyl/N-ethyl adjacent to an activating group) is 1. The highest BCUT2D eigenvalue weighted by Gasteiger charge is 2.36. The van der Waals surface area contributed by atoms with Crippen molar-refractivity contribution in [1.82, 2.24) is 4.90 Å². The molecular weight excluding hydrogens is 366 g/mol. The fourth-order valence-electron chi connectivity index (χ4n) is 3.50. The van der Waals surface area contributed by atoms with Crippen LogP contribution in [0.25, 0.3) is 0 Å². The maximum absolute atomic E-state index is 12.6. The highest BCUT2D eigenvalue weighted by Crippen LogP contribution is 2.39. The third-order valence-corrected chi connectivity index (χ3v) is 5.36. The van der Waals surface area contributed by atoms with Gasteiger partial charge in [0.05, 0.1) is 5.54 Å². The van der Waals surface area contributed by atoms with Crippen molar-refractivity contribution in [2.75, 3.05) is 19.4 Å². The predicted octanol–water partition coefficient (Wildman–Crippen LogP) is 3.08. The van der Waals surface area contributed by atoms with E-state index in [1.807, 2.05) is 56.3 Å². The maximum atomic E-state index is 12.6. The van der Waals surface area contributed by atoms with Gasteiger partial charge in [0.15, 0.2) is 0 Å². The van der Waals surface area contributed by atoms with E-state index >= 15 is 0 Å². The van der Waals surface area contributed by atoms with Gasteiger partial charge in [0.2, 0.25) is 5.91 Å². The van der Waals surface area contributed by atoms with Crippen LogP contribution < -0.4 is 11.1 Å². The number of anilines is 1. The molecule has 29 heavy (non-hydrogen) atoms. The molecule has 0 heterocycles. The molecule has 150 valence electrons. The molecule has 4 N–H and O–H groups in total. The van der Waals surface area contributed by atoms with Gasteiger partial charge in [-0.3, -0.25) is 14.5 Å². The second kappa shape index (κ2) is 7.93. The zero-order valence-corrected chi connectivity index (χ0v) is 16.8. The van der Waals surface area contributed by atoms with Gasteiger partial charge in [-0.1, -0.05) is 30.4 Å². The summed E-state index contributed by atoms with van der Waals surface area (Å²) in [5.41, 5.74) is 8.52. The van der Waals surface area contributed by atoms with E-state index in [0.29, 0.717) is 23.2 Å². The number of hydrogen-bond donors (Lipinski definition) is 3. The second-order valence-corrected chi connectivity index (χ2v) is 7.44. The Morgan fingerprint density at radius 2 is 1.83 bits per heavy atom. The Morgan fingerprint density at radius 3 is 2.45 bits per heavy atom. The predicted molar refractivity (Wildman–Crippen MR) is 114 cm³/mol. The lowest BCUT2D eigenvalue weighted by molar-refractivity contribution is -0.115. The number of rotatable bonds is 5. The number of nitrogens with zero attached hydrogens (tertiary/aromatic N) is 1. The lowest BCUT2D eigenvalue weighted by Gasteiger charge is -2.40. The van der Waals surface area contributed by atoms with Gasteiger partial charge in [0.25, 0.3) is 5.91 Å². The summed E-state index contributed by atoms with van der Waals surface area (Å²) in [6.07, 6.45) is 6.07. The number of aryl methyl sites for hydroxylation is 1. The first kappa shape index (κ1) is 20.4. The Balaban J connectivity index is 1.96. The second-order valence-electron chi connectivity index (χ2n) is 7.44. The van der Waals surface area contributed by atoms with Gasteiger partial charge in [-0.25, -0.2) is 0 Å². The van der Waals surface area contributed by atoms with Crippen molar-refractivity contribution in [3.8, 4) is 5.75 Å². The fraction of sp³-hybridized carbons (Fsp3) is 0.217. The average molecular weight is 391 g/mol. The number of phenolic OH excluding ortho intramolecular Hbond substituents is 1. The van der Waals surface area contributed by atoms with Gasteiger partial charge >= 0.3 is 0 Å². The fourth-order valence-corrected chi connectivity index (χ4v) is 3.50. The molecule has 0 saturated carbocycles. The summed E-state index contributed by atoms with van der Waals surface area (Å²) in [5.74, 6) is -0.593. The van der Waals surface area contributed by atoms with Crippen LogP contribution in [0.15, 0.2) is 66.3 Å². The number of nitrogens with one attached hydrogen (secondary N) is 1. The molecule has 6 heteroatoms. The minimum absolute atomic E-state index is 0.107. The molecule has 1 atom stereocenters. The van der Waals surface area contributed by atoms with Gasteiger partial charge in [-0.2, -0.15) is 0 Å². The summed E-state index contributed by atoms with van der Waals surface area (Å²) in [6, 6.07) is 12.0. The Morgan fingerprint density at radius 1 is 1.14 bits per heavy atom. The van der Waals surface area contributed by atoms with Crippen molar-refractivity contribution in [2.45, 2.75) is 18.9 Å². The number of nitrogens with two attached hydrogens (primary N) is 1. The normalized spacial score (nSPS) is 18.4. The average Bonchev–Trinajstić information content (AvgIpc) is 2.69. The van der Waals surface area contributed by atoms with Crippen molar-refractivity contribution < 1.29 is 14.7 Å². The number of carbonyl (C=O) groups excluding carboxylic acids is 2. The van der Waals surface area contributed by atoms with Crippen molar-refractivity contribution >= 4 is 17.5 Å². The van der Waals surface area contributed by atoms with Crippen molar-refractivity contribution in [1.29, 1.82) is 0 Å². The van der Waals surface area contributed by atoms with Crippen LogP contribution >= 0.6 is 0 Å². The van der Waals surface area contributed by atoms with Crippen LogP contribution in [0.3, 0.4) is 0 Å². The number of phenols is 1. The van der Waals surface area contributed by atoms with Crippen LogP contribution in [-0.2, 0) is 10.3 Å². The van der Waals surface area contributed by atoms with Gasteiger partial charge in [-0.05, 0) is 62.5 Å². The summed E-state index contributed by atoms with van der Waals surface area (Å²) >= 11 is 0. The topological polar surface area (TPSA) is 95.7 Å². The van der Waals surface area contributed by atoms with Gasteiger partial charge in [-0.15, -0.1) is 0 Å². The van der Waals surface area contributed by atoms with E-state index in [9.17, 15) is 14.7 Å². The number of aromatic hydroxyl groups is 1. The van der Waals surface area contributed by atoms with E-state index in [4.69, 9.17) is 5.73 Å². The van der Waals surface area contributed by atoms with Gasteiger partial charge in [0, 0.05) is 23.2 Å². The third kappa shape index (κ3) is 4.07. The van der Waals surface area contributed by atoms with Crippen LogP contribution in [0, 0.1) is 6.92 Å². The van der Waals surface area contributed by atoms with Crippen LogP contribution in [0.2, 0.25) is 0 Å². The Bertz CT molecular complexity index is 1010.